The second kappa shape index (κ2) is 9.88. The fourth-order valence-corrected chi connectivity index (χ4v) is 3.44. The Hall–Kier alpha value is -2.69. The molecule has 0 unspecified atom stereocenters. The van der Waals surface area contributed by atoms with Gasteiger partial charge in [0.2, 0.25) is 0 Å². The van der Waals surface area contributed by atoms with Crippen LogP contribution in [-0.2, 0) is 11.3 Å². The van der Waals surface area contributed by atoms with Gasteiger partial charge in [-0.15, -0.1) is 0 Å². The van der Waals surface area contributed by atoms with E-state index >= 15 is 0 Å². The van der Waals surface area contributed by atoms with Crippen molar-refractivity contribution in [3.63, 3.8) is 0 Å². The molecule has 1 fully saturated rings. The second-order valence-electron chi connectivity index (χ2n) is 8.98. The van der Waals surface area contributed by atoms with Gasteiger partial charge in [-0.3, -0.25) is 0 Å². The van der Waals surface area contributed by atoms with E-state index in [1.54, 1.807) is 4.90 Å². The predicted octanol–water partition coefficient (Wildman–Crippen LogP) is 5.60. The standard InChI is InChI=1S/C25H33NO4/c1-19-14-22(28-17-20-8-6-5-7-9-20)16-23(15-19)29-18-21-10-12-26(13-11-21)24(27)30-25(2,3)4/h5-9,14-16,21H,10-13,17-18H2,1-4H3. The van der Waals surface area contributed by atoms with Gasteiger partial charge in [-0.1, -0.05) is 30.3 Å². The molecule has 5 heteroatoms. The molecule has 3 rings (SSSR count). The lowest BCUT2D eigenvalue weighted by atomic mass is 9.98. The van der Waals surface area contributed by atoms with Crippen LogP contribution in [0.1, 0.15) is 44.7 Å². The first-order valence-electron chi connectivity index (χ1n) is 10.7. The number of ether oxygens (including phenoxy) is 3. The van der Waals surface area contributed by atoms with Gasteiger partial charge in [0, 0.05) is 19.2 Å². The fourth-order valence-electron chi connectivity index (χ4n) is 3.44. The lowest BCUT2D eigenvalue weighted by Gasteiger charge is -2.33. The minimum absolute atomic E-state index is 0.222. The molecule has 30 heavy (non-hydrogen) atoms. The molecule has 1 saturated heterocycles. The van der Waals surface area contributed by atoms with Gasteiger partial charge in [-0.2, -0.15) is 0 Å². The number of nitrogens with zero attached hydrogens (tertiary/aromatic N) is 1. The zero-order valence-electron chi connectivity index (χ0n) is 18.5. The number of rotatable bonds is 6. The highest BCUT2D eigenvalue weighted by atomic mass is 16.6. The molecular weight excluding hydrogens is 378 g/mol. The summed E-state index contributed by atoms with van der Waals surface area (Å²) >= 11 is 0. The number of amides is 1. The van der Waals surface area contributed by atoms with Gasteiger partial charge in [0.25, 0.3) is 0 Å². The van der Waals surface area contributed by atoms with Crippen molar-refractivity contribution in [3.05, 3.63) is 59.7 Å². The van der Waals surface area contributed by atoms with Crippen LogP contribution in [0.3, 0.4) is 0 Å². The largest absolute Gasteiger partial charge is 0.493 e. The number of likely N-dealkylation sites (tertiary alicyclic amines) is 1. The van der Waals surface area contributed by atoms with Crippen molar-refractivity contribution in [1.82, 2.24) is 4.90 Å². The number of hydrogen-bond donors (Lipinski definition) is 0. The number of carbonyl (C=O) groups excluding carboxylic acids is 1. The molecule has 0 aromatic heterocycles. The Morgan fingerprint density at radius 3 is 2.27 bits per heavy atom. The van der Waals surface area contributed by atoms with Gasteiger partial charge in [-0.05, 0) is 69.7 Å². The maximum absolute atomic E-state index is 12.2. The molecule has 1 aliphatic heterocycles. The Bertz CT molecular complexity index is 821. The quantitative estimate of drug-likeness (QED) is 0.621. The number of carbonyl (C=O) groups is 1. The van der Waals surface area contributed by atoms with E-state index < -0.39 is 5.60 Å². The highest BCUT2D eigenvalue weighted by molar-refractivity contribution is 5.68. The summed E-state index contributed by atoms with van der Waals surface area (Å²) < 4.78 is 17.5. The number of piperidine rings is 1. The summed E-state index contributed by atoms with van der Waals surface area (Å²) in [5, 5.41) is 0. The van der Waals surface area contributed by atoms with Crippen molar-refractivity contribution >= 4 is 6.09 Å². The van der Waals surface area contributed by atoms with E-state index in [2.05, 4.69) is 12.1 Å². The Balaban J connectivity index is 1.47. The molecule has 2 aromatic rings. The Morgan fingerprint density at radius 2 is 1.63 bits per heavy atom. The molecule has 162 valence electrons. The summed E-state index contributed by atoms with van der Waals surface area (Å²) in [7, 11) is 0. The SMILES string of the molecule is Cc1cc(OCc2ccccc2)cc(OCC2CCN(C(=O)OC(C)(C)C)CC2)c1. The monoisotopic (exact) mass is 411 g/mol. The van der Waals surface area contributed by atoms with Crippen molar-refractivity contribution in [2.24, 2.45) is 5.92 Å². The third kappa shape index (κ3) is 6.97. The van der Waals surface area contributed by atoms with E-state index in [0.29, 0.717) is 32.2 Å². The van der Waals surface area contributed by atoms with E-state index in [0.717, 1.165) is 35.5 Å². The third-order valence-electron chi connectivity index (χ3n) is 5.02. The van der Waals surface area contributed by atoms with E-state index in [1.165, 1.54) is 0 Å². The van der Waals surface area contributed by atoms with Crippen LogP contribution in [0.25, 0.3) is 0 Å². The maximum atomic E-state index is 12.2. The molecule has 1 heterocycles. The van der Waals surface area contributed by atoms with E-state index in [1.807, 2.05) is 64.1 Å². The first-order chi connectivity index (χ1) is 14.3. The summed E-state index contributed by atoms with van der Waals surface area (Å²) in [6.45, 7) is 10.3. The Morgan fingerprint density at radius 1 is 1.00 bits per heavy atom. The highest BCUT2D eigenvalue weighted by Crippen LogP contribution is 2.26. The van der Waals surface area contributed by atoms with Gasteiger partial charge in [-0.25, -0.2) is 4.79 Å². The van der Waals surface area contributed by atoms with Crippen LogP contribution in [0, 0.1) is 12.8 Å². The molecule has 1 aliphatic rings. The molecule has 0 N–H and O–H groups in total. The van der Waals surface area contributed by atoms with Crippen LogP contribution in [0.15, 0.2) is 48.5 Å². The van der Waals surface area contributed by atoms with Crippen molar-refractivity contribution in [3.8, 4) is 11.5 Å². The maximum Gasteiger partial charge on any atom is 0.410 e. The van der Waals surface area contributed by atoms with Crippen LogP contribution in [-0.4, -0.2) is 36.3 Å². The third-order valence-corrected chi connectivity index (χ3v) is 5.02. The summed E-state index contributed by atoms with van der Waals surface area (Å²) in [6.07, 6.45) is 1.62. The summed E-state index contributed by atoms with van der Waals surface area (Å²) in [5.41, 5.74) is 1.79. The zero-order valence-corrected chi connectivity index (χ0v) is 18.5. The average molecular weight is 412 g/mol. The molecule has 1 amide bonds. The Kier molecular flexibility index (Phi) is 7.24. The normalized spacial score (nSPS) is 15.0. The summed E-state index contributed by atoms with van der Waals surface area (Å²) in [5.74, 6) is 2.07. The zero-order chi connectivity index (χ0) is 21.6. The van der Waals surface area contributed by atoms with E-state index in [4.69, 9.17) is 14.2 Å². The van der Waals surface area contributed by atoms with Crippen LogP contribution in [0.5, 0.6) is 11.5 Å². The molecule has 0 aliphatic carbocycles. The van der Waals surface area contributed by atoms with Crippen molar-refractivity contribution in [2.45, 2.75) is 52.7 Å². The van der Waals surface area contributed by atoms with Crippen molar-refractivity contribution in [2.75, 3.05) is 19.7 Å². The van der Waals surface area contributed by atoms with Crippen LogP contribution >= 0.6 is 0 Å². The van der Waals surface area contributed by atoms with Crippen LogP contribution < -0.4 is 9.47 Å². The van der Waals surface area contributed by atoms with Crippen molar-refractivity contribution in [1.29, 1.82) is 0 Å². The minimum Gasteiger partial charge on any atom is -0.493 e. The average Bonchev–Trinajstić information content (AvgIpc) is 2.70. The molecule has 0 spiro atoms. The summed E-state index contributed by atoms with van der Waals surface area (Å²) in [4.78, 5) is 14.0. The van der Waals surface area contributed by atoms with Crippen LogP contribution in [0.2, 0.25) is 0 Å². The molecule has 0 radical (unpaired) electrons. The molecule has 0 bridgehead atoms. The van der Waals surface area contributed by atoms with Gasteiger partial charge in [0.05, 0.1) is 6.61 Å². The van der Waals surface area contributed by atoms with Crippen molar-refractivity contribution < 1.29 is 19.0 Å². The molecule has 0 atom stereocenters. The van der Waals surface area contributed by atoms with E-state index in [-0.39, 0.29) is 6.09 Å². The molecule has 0 saturated carbocycles. The first-order valence-corrected chi connectivity index (χ1v) is 10.7. The van der Waals surface area contributed by atoms with Gasteiger partial charge in [0.15, 0.2) is 0 Å². The lowest BCUT2D eigenvalue weighted by molar-refractivity contribution is 0.0165. The van der Waals surface area contributed by atoms with Crippen LogP contribution in [0.4, 0.5) is 4.79 Å². The smallest absolute Gasteiger partial charge is 0.410 e. The van der Waals surface area contributed by atoms with E-state index in [9.17, 15) is 4.79 Å². The second-order valence-corrected chi connectivity index (χ2v) is 8.98. The lowest BCUT2D eigenvalue weighted by Crippen LogP contribution is -2.42. The topological polar surface area (TPSA) is 48.0 Å². The highest BCUT2D eigenvalue weighted by Gasteiger charge is 2.27. The molecule has 2 aromatic carbocycles. The van der Waals surface area contributed by atoms with Gasteiger partial charge in [0.1, 0.15) is 23.7 Å². The number of aryl methyl sites for hydroxylation is 1. The first kappa shape index (κ1) is 22.0. The minimum atomic E-state index is -0.456. The number of hydrogen-bond acceptors (Lipinski definition) is 4. The Labute approximate surface area is 179 Å². The molecule has 5 nitrogen and oxygen atoms in total. The molecular formula is C25H33NO4. The summed E-state index contributed by atoms with van der Waals surface area (Å²) in [6, 6.07) is 16.1. The predicted molar refractivity (Wildman–Crippen MR) is 118 cm³/mol. The number of benzene rings is 2. The van der Waals surface area contributed by atoms with Gasteiger partial charge < -0.3 is 19.1 Å². The fraction of sp³-hybridized carbons (Fsp3) is 0.480. The van der Waals surface area contributed by atoms with Gasteiger partial charge >= 0.3 is 6.09 Å².